The van der Waals surface area contributed by atoms with Crippen LogP contribution in [0.4, 0.5) is 17.1 Å². The molecule has 0 saturated heterocycles. The topological polar surface area (TPSA) is 3.24 Å². The van der Waals surface area contributed by atoms with Crippen LogP contribution in [0, 0.1) is 13.8 Å². The molecular weight excluding hydrogens is 639 g/mol. The first-order valence-electron chi connectivity index (χ1n) is 19.9. The van der Waals surface area contributed by atoms with Gasteiger partial charge in [0.2, 0.25) is 0 Å². The van der Waals surface area contributed by atoms with Gasteiger partial charge < -0.3 is 4.90 Å². The van der Waals surface area contributed by atoms with Crippen LogP contribution in [-0.2, 0) is 22.7 Å². The lowest BCUT2D eigenvalue weighted by Crippen LogP contribution is -2.33. The van der Waals surface area contributed by atoms with E-state index in [4.69, 9.17) is 0 Å². The number of aryl methyl sites for hydroxylation is 3. The number of anilines is 3. The Kier molecular flexibility index (Phi) is 7.56. The van der Waals surface area contributed by atoms with Crippen molar-refractivity contribution in [3.63, 3.8) is 0 Å². The van der Waals surface area contributed by atoms with Gasteiger partial charge in [-0.15, -0.1) is 0 Å². The van der Waals surface area contributed by atoms with Gasteiger partial charge in [-0.3, -0.25) is 0 Å². The van der Waals surface area contributed by atoms with Gasteiger partial charge in [0.05, 0.1) is 17.1 Å². The van der Waals surface area contributed by atoms with Crippen molar-refractivity contribution in [1.29, 1.82) is 0 Å². The highest BCUT2D eigenvalue weighted by Crippen LogP contribution is 2.60. The van der Waals surface area contributed by atoms with Crippen molar-refractivity contribution in [1.82, 2.24) is 0 Å². The fraction of sp³-hybridized carbons (Fsp3) is 0.308. The molecule has 0 amide bonds. The number of hydrogen-bond donors (Lipinski definition) is 0. The van der Waals surface area contributed by atoms with Gasteiger partial charge in [-0.05, 0) is 141 Å². The van der Waals surface area contributed by atoms with Crippen LogP contribution >= 0.6 is 0 Å². The minimum absolute atomic E-state index is 0.107. The summed E-state index contributed by atoms with van der Waals surface area (Å²) in [6.45, 7) is 21.5. The van der Waals surface area contributed by atoms with Crippen molar-refractivity contribution in [2.45, 2.75) is 104 Å². The van der Waals surface area contributed by atoms with E-state index in [9.17, 15) is 0 Å². The zero-order chi connectivity index (χ0) is 37.0. The summed E-state index contributed by atoms with van der Waals surface area (Å²) >= 11 is 0. The van der Waals surface area contributed by atoms with Crippen molar-refractivity contribution < 1.29 is 0 Å². The van der Waals surface area contributed by atoms with E-state index in [0.717, 1.165) is 12.8 Å². The predicted octanol–water partition coefficient (Wildman–Crippen LogP) is 14.7. The fourth-order valence-corrected chi connectivity index (χ4v) is 10.1. The minimum Gasteiger partial charge on any atom is -0.309 e. The highest BCUT2D eigenvalue weighted by atomic mass is 15.2. The zero-order valence-electron chi connectivity index (χ0n) is 33.2. The van der Waals surface area contributed by atoms with Gasteiger partial charge in [-0.1, -0.05) is 140 Å². The molecule has 6 aromatic rings. The van der Waals surface area contributed by atoms with Crippen LogP contribution in [-0.4, -0.2) is 0 Å². The molecule has 0 atom stereocenters. The van der Waals surface area contributed by atoms with Crippen LogP contribution < -0.4 is 4.90 Å². The lowest BCUT2D eigenvalue weighted by molar-refractivity contribution is 0.332. The second-order valence-electron chi connectivity index (χ2n) is 18.0. The second-order valence-corrected chi connectivity index (χ2v) is 18.0. The molecule has 0 aromatic heterocycles. The van der Waals surface area contributed by atoms with Crippen LogP contribution in [0.5, 0.6) is 0 Å². The van der Waals surface area contributed by atoms with Gasteiger partial charge in [0.1, 0.15) is 0 Å². The molecule has 53 heavy (non-hydrogen) atoms. The maximum atomic E-state index is 2.64. The third kappa shape index (κ3) is 5.03. The summed E-state index contributed by atoms with van der Waals surface area (Å²) in [4.78, 5) is 2.64. The molecule has 0 unspecified atom stereocenters. The molecule has 3 aliphatic rings. The highest BCUT2D eigenvalue weighted by molar-refractivity contribution is 6.08. The molecule has 2 bridgehead atoms. The molecule has 2 aliphatic heterocycles. The van der Waals surface area contributed by atoms with E-state index in [-0.39, 0.29) is 16.2 Å². The molecule has 0 N–H and O–H groups in total. The van der Waals surface area contributed by atoms with Crippen molar-refractivity contribution in [3.8, 4) is 44.5 Å². The van der Waals surface area contributed by atoms with Crippen molar-refractivity contribution in [3.05, 3.63) is 148 Å². The Bertz CT molecular complexity index is 2470. The van der Waals surface area contributed by atoms with Crippen LogP contribution in [0.15, 0.2) is 109 Å². The van der Waals surface area contributed by atoms with Crippen LogP contribution in [0.25, 0.3) is 44.5 Å². The monoisotopic (exact) mass is 691 g/mol. The molecular formula is C52H53N. The van der Waals surface area contributed by atoms with Crippen LogP contribution in [0.1, 0.15) is 107 Å². The largest absolute Gasteiger partial charge is 0.309 e. The molecule has 266 valence electrons. The molecule has 2 heterocycles. The molecule has 0 fully saturated rings. The summed E-state index contributed by atoms with van der Waals surface area (Å²) in [6.07, 6.45) is 4.53. The average Bonchev–Trinajstić information content (AvgIpc) is 3.13. The third-order valence-corrected chi connectivity index (χ3v) is 13.2. The van der Waals surface area contributed by atoms with Crippen LogP contribution in [0.3, 0.4) is 0 Å². The summed E-state index contributed by atoms with van der Waals surface area (Å²) in [5, 5.41) is 0. The first-order chi connectivity index (χ1) is 25.3. The molecule has 0 spiro atoms. The lowest BCUT2D eigenvalue weighted by Gasteiger charge is -2.45. The third-order valence-electron chi connectivity index (χ3n) is 13.2. The molecule has 9 rings (SSSR count). The first kappa shape index (κ1) is 33.9. The van der Waals surface area contributed by atoms with E-state index in [0.29, 0.717) is 0 Å². The maximum absolute atomic E-state index is 2.64. The summed E-state index contributed by atoms with van der Waals surface area (Å²) in [7, 11) is 0. The van der Waals surface area contributed by atoms with Gasteiger partial charge in [-0.2, -0.15) is 0 Å². The summed E-state index contributed by atoms with van der Waals surface area (Å²) in [6, 6.07) is 42.7. The molecule has 6 aromatic carbocycles. The fourth-order valence-electron chi connectivity index (χ4n) is 10.1. The Labute approximate surface area is 317 Å². The molecule has 1 nitrogen and oxygen atoms in total. The quantitative estimate of drug-likeness (QED) is 0.178. The van der Waals surface area contributed by atoms with Crippen molar-refractivity contribution in [2.75, 3.05) is 4.90 Å². The highest BCUT2D eigenvalue weighted by Gasteiger charge is 2.42. The first-order valence-corrected chi connectivity index (χ1v) is 19.9. The molecule has 0 radical (unpaired) electrons. The maximum Gasteiger partial charge on any atom is 0.0581 e. The number of nitrogens with zero attached hydrogens (tertiary/aromatic N) is 1. The SMILES string of the molecule is CCCc1cc2c(cc1-c1ccccc1C)-c1cc(C)cc(c1-c1ccc3c(c1)C(C)(C)CCC3(C)C)N1c3ccccc3C(C)(C)c3cccc-2c31. The zero-order valence-corrected chi connectivity index (χ0v) is 33.2. The van der Waals surface area contributed by atoms with Crippen molar-refractivity contribution in [2.24, 2.45) is 0 Å². The van der Waals surface area contributed by atoms with Crippen molar-refractivity contribution >= 4 is 17.1 Å². The number of fused-ring (bicyclic) bond motifs is 9. The Morgan fingerprint density at radius 1 is 0.528 bits per heavy atom. The molecule has 1 heteroatoms. The number of hydrogen-bond acceptors (Lipinski definition) is 1. The van der Waals surface area contributed by atoms with E-state index in [1.54, 1.807) is 0 Å². The second kappa shape index (κ2) is 11.8. The van der Waals surface area contributed by atoms with Crippen LogP contribution in [0.2, 0.25) is 0 Å². The predicted molar refractivity (Wildman–Crippen MR) is 227 cm³/mol. The van der Waals surface area contributed by atoms with Gasteiger partial charge >= 0.3 is 0 Å². The van der Waals surface area contributed by atoms with Gasteiger partial charge in [0.15, 0.2) is 0 Å². The lowest BCUT2D eigenvalue weighted by atomic mass is 9.62. The van der Waals surface area contributed by atoms with E-state index < -0.39 is 0 Å². The number of benzene rings is 6. The Hall–Kier alpha value is -4.88. The normalized spacial score (nSPS) is 16.8. The number of rotatable bonds is 4. The van der Waals surface area contributed by atoms with E-state index in [2.05, 4.69) is 176 Å². The van der Waals surface area contributed by atoms with E-state index in [1.165, 1.54) is 113 Å². The van der Waals surface area contributed by atoms with Gasteiger partial charge in [0, 0.05) is 16.5 Å². The number of para-hydroxylation sites is 2. The molecule has 1 aliphatic carbocycles. The smallest absolute Gasteiger partial charge is 0.0581 e. The Balaban J connectivity index is 1.46. The van der Waals surface area contributed by atoms with Gasteiger partial charge in [0.25, 0.3) is 0 Å². The summed E-state index contributed by atoms with van der Waals surface area (Å²) in [5.74, 6) is 0. The Morgan fingerprint density at radius 3 is 1.98 bits per heavy atom. The van der Waals surface area contributed by atoms with Gasteiger partial charge in [-0.25, -0.2) is 0 Å². The average molecular weight is 692 g/mol. The summed E-state index contributed by atoms with van der Waals surface area (Å²) in [5.41, 5.74) is 24.4. The minimum atomic E-state index is -0.167. The summed E-state index contributed by atoms with van der Waals surface area (Å²) < 4.78 is 0. The molecule has 0 saturated carbocycles. The van der Waals surface area contributed by atoms with E-state index in [1.807, 2.05) is 0 Å². The standard InChI is InChI=1S/C52H53N/c1-10-16-34-29-39-37-19-15-21-44-49(37)53(46-22-14-13-20-43(46)52(44,8)9)47-28-32(2)27-41(40(39)31-38(34)36-18-12-11-17-33(36)3)48(47)35-23-24-42-45(30-35)51(6,7)26-25-50(42,4)5/h11-15,17-24,27-31H,10,16,25-26H2,1-9H3. The van der Waals surface area contributed by atoms with E-state index >= 15 is 0 Å². The Morgan fingerprint density at radius 2 is 1.21 bits per heavy atom.